The fraction of sp³-hybridized carbons (Fsp3) is 0.548. The molecule has 8 heteroatoms. The summed E-state index contributed by atoms with van der Waals surface area (Å²) in [5.41, 5.74) is 3.11. The van der Waals surface area contributed by atoms with Crippen molar-refractivity contribution in [1.29, 1.82) is 0 Å². The summed E-state index contributed by atoms with van der Waals surface area (Å²) in [6, 6.07) is 11.6. The lowest BCUT2D eigenvalue weighted by molar-refractivity contribution is -0.132. The molecule has 2 saturated heterocycles. The van der Waals surface area contributed by atoms with Gasteiger partial charge in [0.2, 0.25) is 5.91 Å². The molecule has 3 unspecified atom stereocenters. The molecule has 3 heterocycles. The fourth-order valence-corrected chi connectivity index (χ4v) is 6.75. The van der Waals surface area contributed by atoms with Gasteiger partial charge in [0.15, 0.2) is 0 Å². The first kappa shape index (κ1) is 27.3. The van der Waals surface area contributed by atoms with E-state index in [1.165, 1.54) is 0 Å². The number of fused-ring (bicyclic) bond motifs is 1. The molecule has 208 valence electrons. The highest BCUT2D eigenvalue weighted by molar-refractivity contribution is 5.97. The first-order valence-corrected chi connectivity index (χ1v) is 14.3. The molecule has 39 heavy (non-hydrogen) atoms. The number of rotatable bonds is 7. The molecule has 0 spiro atoms. The monoisotopic (exact) mass is 532 g/mol. The predicted molar refractivity (Wildman–Crippen MR) is 149 cm³/mol. The number of amides is 2. The van der Waals surface area contributed by atoms with Crippen LogP contribution < -0.4 is 10.9 Å². The van der Waals surface area contributed by atoms with Crippen LogP contribution in [0.15, 0.2) is 41.2 Å². The topological polar surface area (TPSA) is 91.7 Å². The number of benzene rings is 1. The predicted octanol–water partition coefficient (Wildman–Crippen LogP) is 3.01. The Bertz CT molecular complexity index is 1290. The fourth-order valence-electron chi connectivity index (χ4n) is 6.75. The first-order chi connectivity index (χ1) is 18.7. The maximum atomic E-state index is 13.4. The van der Waals surface area contributed by atoms with Gasteiger partial charge in [-0.05, 0) is 56.1 Å². The zero-order valence-corrected chi connectivity index (χ0v) is 23.3. The van der Waals surface area contributed by atoms with Crippen LogP contribution in [0.4, 0.5) is 0 Å². The second kappa shape index (κ2) is 11.5. The number of aryl methyl sites for hydroxylation is 1. The third-order valence-corrected chi connectivity index (χ3v) is 9.10. The number of nitrogens with one attached hydrogen (secondary N) is 1. The smallest absolute Gasteiger partial charge is 0.255 e. The number of Topliss-reactive ketones (excluding diaryl/α,β-unsaturated/α-hetero) is 1. The Kier molecular flexibility index (Phi) is 8.03. The van der Waals surface area contributed by atoms with E-state index in [0.29, 0.717) is 30.2 Å². The van der Waals surface area contributed by atoms with Crippen LogP contribution in [-0.2, 0) is 16.6 Å². The molecule has 2 aromatic rings. The summed E-state index contributed by atoms with van der Waals surface area (Å²) in [5.74, 6) is 0.852. The highest BCUT2D eigenvalue weighted by atomic mass is 16.2. The van der Waals surface area contributed by atoms with Gasteiger partial charge in [-0.15, -0.1) is 0 Å². The van der Waals surface area contributed by atoms with Crippen molar-refractivity contribution in [2.45, 2.75) is 52.0 Å². The molecule has 1 aliphatic carbocycles. The van der Waals surface area contributed by atoms with Gasteiger partial charge < -0.3 is 19.7 Å². The van der Waals surface area contributed by atoms with Gasteiger partial charge in [0.1, 0.15) is 5.78 Å². The summed E-state index contributed by atoms with van der Waals surface area (Å²) in [6.45, 7) is 7.89. The molecular weight excluding hydrogens is 492 g/mol. The zero-order chi connectivity index (χ0) is 27.7. The maximum Gasteiger partial charge on any atom is 0.255 e. The van der Waals surface area contributed by atoms with Crippen LogP contribution in [0.3, 0.4) is 0 Å². The van der Waals surface area contributed by atoms with E-state index in [9.17, 15) is 19.2 Å². The number of aromatic nitrogens is 1. The van der Waals surface area contributed by atoms with Crippen molar-refractivity contribution in [2.24, 2.45) is 24.8 Å². The zero-order valence-electron chi connectivity index (χ0n) is 23.3. The summed E-state index contributed by atoms with van der Waals surface area (Å²) in [7, 11) is 1.71. The maximum absolute atomic E-state index is 13.4. The summed E-state index contributed by atoms with van der Waals surface area (Å²) in [5, 5.41) is 3.26. The first-order valence-electron chi connectivity index (χ1n) is 14.3. The van der Waals surface area contributed by atoms with Crippen molar-refractivity contribution in [3.63, 3.8) is 0 Å². The van der Waals surface area contributed by atoms with Crippen LogP contribution in [0.2, 0.25) is 0 Å². The summed E-state index contributed by atoms with van der Waals surface area (Å²) in [4.78, 5) is 54.9. The molecule has 2 amide bonds. The average Bonchev–Trinajstić information content (AvgIpc) is 3.49. The summed E-state index contributed by atoms with van der Waals surface area (Å²) in [6.07, 6.45) is 3.33. The molecule has 3 aliphatic rings. The Morgan fingerprint density at radius 1 is 1.03 bits per heavy atom. The molecule has 1 aromatic heterocycles. The van der Waals surface area contributed by atoms with Crippen molar-refractivity contribution in [1.82, 2.24) is 19.7 Å². The van der Waals surface area contributed by atoms with Crippen LogP contribution in [0.25, 0.3) is 0 Å². The van der Waals surface area contributed by atoms with Gasteiger partial charge in [-0.25, -0.2) is 0 Å². The number of hydrogen-bond acceptors (Lipinski definition) is 5. The second-order valence-electron chi connectivity index (χ2n) is 11.8. The van der Waals surface area contributed by atoms with Crippen LogP contribution >= 0.6 is 0 Å². The minimum atomic E-state index is -0.216. The Balaban J connectivity index is 1.18. The normalized spacial score (nSPS) is 24.0. The van der Waals surface area contributed by atoms with E-state index in [0.717, 1.165) is 68.8 Å². The molecule has 1 aromatic carbocycles. The quantitative estimate of drug-likeness (QED) is 0.592. The standard InChI is InChI=1S/C31H40N4O4/c1-20-14-28(37)33(3)21(2)29(20)31(39)35-18-24-16-34(17-25(24)19-35)13-12-27(22-8-5-4-6-9-22)32-30(38)23-10-7-11-26(36)15-23/h4-6,8-9,14,23-25,27H,7,10-13,15-19H2,1-3H3,(H,32,38)/t23?,24-,25?,27?/m0/s1. The van der Waals surface area contributed by atoms with E-state index in [-0.39, 0.29) is 35.1 Å². The number of carbonyl (C=O) groups is 3. The van der Waals surface area contributed by atoms with E-state index in [1.54, 1.807) is 17.7 Å². The highest BCUT2D eigenvalue weighted by Crippen LogP contribution is 2.33. The SMILES string of the molecule is Cc1cc(=O)n(C)c(C)c1C(=O)N1CC2CN(CCC(NC(=O)C3CCCC(=O)C3)c3ccccc3)C[C@H]2C1. The lowest BCUT2D eigenvalue weighted by atomic mass is 9.87. The van der Waals surface area contributed by atoms with E-state index in [4.69, 9.17) is 0 Å². The lowest BCUT2D eigenvalue weighted by Crippen LogP contribution is -2.38. The molecule has 1 N–H and O–H groups in total. The van der Waals surface area contributed by atoms with Gasteiger partial charge in [0.05, 0.1) is 11.6 Å². The Hall–Kier alpha value is -3.26. The van der Waals surface area contributed by atoms with Gasteiger partial charge >= 0.3 is 0 Å². The van der Waals surface area contributed by atoms with Crippen LogP contribution in [-0.4, -0.2) is 64.7 Å². The van der Waals surface area contributed by atoms with Crippen molar-refractivity contribution < 1.29 is 14.4 Å². The Labute approximate surface area is 230 Å². The van der Waals surface area contributed by atoms with Gasteiger partial charge in [0.25, 0.3) is 11.5 Å². The molecule has 3 fully saturated rings. The molecule has 0 radical (unpaired) electrons. The van der Waals surface area contributed by atoms with Gasteiger partial charge in [-0.3, -0.25) is 19.2 Å². The molecular formula is C31H40N4O4. The van der Waals surface area contributed by atoms with Crippen LogP contribution in [0, 0.1) is 31.6 Å². The number of nitrogens with zero attached hydrogens (tertiary/aromatic N) is 3. The van der Waals surface area contributed by atoms with E-state index < -0.39 is 0 Å². The number of carbonyl (C=O) groups excluding carboxylic acids is 3. The Morgan fingerprint density at radius 2 is 1.72 bits per heavy atom. The summed E-state index contributed by atoms with van der Waals surface area (Å²) >= 11 is 0. The molecule has 2 aliphatic heterocycles. The Morgan fingerprint density at radius 3 is 2.38 bits per heavy atom. The van der Waals surface area contributed by atoms with Crippen molar-refractivity contribution in [2.75, 3.05) is 32.7 Å². The van der Waals surface area contributed by atoms with Gasteiger partial charge in [-0.2, -0.15) is 0 Å². The van der Waals surface area contributed by atoms with Crippen molar-refractivity contribution in [3.8, 4) is 0 Å². The molecule has 5 rings (SSSR count). The molecule has 0 bridgehead atoms. The van der Waals surface area contributed by atoms with E-state index in [2.05, 4.69) is 22.3 Å². The van der Waals surface area contributed by atoms with Crippen LogP contribution in [0.1, 0.15) is 65.3 Å². The van der Waals surface area contributed by atoms with Gasteiger partial charge in [0, 0.05) is 70.3 Å². The average molecular weight is 533 g/mol. The minimum Gasteiger partial charge on any atom is -0.349 e. The number of hydrogen-bond donors (Lipinski definition) is 1. The summed E-state index contributed by atoms with van der Waals surface area (Å²) < 4.78 is 1.55. The second-order valence-corrected chi connectivity index (χ2v) is 11.8. The van der Waals surface area contributed by atoms with E-state index >= 15 is 0 Å². The molecule has 4 atom stereocenters. The molecule has 8 nitrogen and oxygen atoms in total. The molecule has 1 saturated carbocycles. The van der Waals surface area contributed by atoms with Crippen LogP contribution in [0.5, 0.6) is 0 Å². The largest absolute Gasteiger partial charge is 0.349 e. The lowest BCUT2D eigenvalue weighted by Gasteiger charge is -2.27. The van der Waals surface area contributed by atoms with E-state index in [1.807, 2.05) is 36.9 Å². The van der Waals surface area contributed by atoms with Crippen molar-refractivity contribution in [3.05, 3.63) is 69.1 Å². The number of likely N-dealkylation sites (tertiary alicyclic amines) is 2. The third kappa shape index (κ3) is 5.86. The number of pyridine rings is 1. The number of ketones is 1. The minimum absolute atomic E-state index is 0.00616. The third-order valence-electron chi connectivity index (χ3n) is 9.10. The highest BCUT2D eigenvalue weighted by Gasteiger charge is 2.42. The van der Waals surface area contributed by atoms with Gasteiger partial charge in [-0.1, -0.05) is 30.3 Å². The van der Waals surface area contributed by atoms with Crippen molar-refractivity contribution >= 4 is 17.6 Å².